The Morgan fingerprint density at radius 1 is 1.40 bits per heavy atom. The first-order valence-corrected chi connectivity index (χ1v) is 7.35. The third-order valence-corrected chi connectivity index (χ3v) is 4.03. The van der Waals surface area contributed by atoms with Gasteiger partial charge in [-0.3, -0.25) is 9.89 Å². The van der Waals surface area contributed by atoms with E-state index in [2.05, 4.69) is 9.89 Å². The van der Waals surface area contributed by atoms with Gasteiger partial charge < -0.3 is 5.73 Å². The molecule has 0 aliphatic carbocycles. The van der Waals surface area contributed by atoms with Crippen LogP contribution in [0.3, 0.4) is 0 Å². The molecule has 4 heteroatoms. The first-order valence-electron chi connectivity index (χ1n) is 7.35. The minimum absolute atomic E-state index is 0.160. The number of benzene rings is 1. The number of hydrogen-bond acceptors (Lipinski definition) is 2. The highest BCUT2D eigenvalue weighted by Gasteiger charge is 2.20. The number of piperidine rings is 1. The van der Waals surface area contributed by atoms with E-state index in [9.17, 15) is 4.39 Å². The van der Waals surface area contributed by atoms with E-state index in [1.807, 2.05) is 12.1 Å². The van der Waals surface area contributed by atoms with Crippen LogP contribution in [0.5, 0.6) is 0 Å². The van der Waals surface area contributed by atoms with Crippen LogP contribution in [0.4, 0.5) is 4.39 Å². The Hall–Kier alpha value is -1.42. The van der Waals surface area contributed by atoms with Crippen molar-refractivity contribution in [3.63, 3.8) is 0 Å². The molecular formula is C16H24FN3. The molecule has 0 amide bonds. The van der Waals surface area contributed by atoms with E-state index >= 15 is 0 Å². The normalized spacial score (nSPS) is 21.1. The molecule has 1 unspecified atom stereocenters. The SMILES string of the molecule is CN=C(N)CN1CCCC(CCc2ccc(F)cc2)C1. The first kappa shape index (κ1) is 15.0. The van der Waals surface area contributed by atoms with Gasteiger partial charge in [0.25, 0.3) is 0 Å². The van der Waals surface area contributed by atoms with Crippen LogP contribution in [0.1, 0.15) is 24.8 Å². The number of halogens is 1. The Labute approximate surface area is 120 Å². The average Bonchev–Trinajstić information content (AvgIpc) is 2.47. The summed E-state index contributed by atoms with van der Waals surface area (Å²) in [5.41, 5.74) is 7.02. The zero-order valence-corrected chi connectivity index (χ0v) is 12.2. The van der Waals surface area contributed by atoms with Gasteiger partial charge >= 0.3 is 0 Å². The zero-order chi connectivity index (χ0) is 14.4. The Bertz CT molecular complexity index is 442. The van der Waals surface area contributed by atoms with Gasteiger partial charge in [-0.15, -0.1) is 0 Å². The molecule has 0 spiro atoms. The highest BCUT2D eigenvalue weighted by atomic mass is 19.1. The van der Waals surface area contributed by atoms with E-state index in [4.69, 9.17) is 5.73 Å². The molecule has 2 rings (SSSR count). The van der Waals surface area contributed by atoms with Gasteiger partial charge in [0.05, 0.1) is 6.54 Å². The summed E-state index contributed by atoms with van der Waals surface area (Å²) in [6, 6.07) is 6.86. The summed E-state index contributed by atoms with van der Waals surface area (Å²) in [6.45, 7) is 2.99. The molecule has 110 valence electrons. The second-order valence-electron chi connectivity index (χ2n) is 5.62. The Balaban J connectivity index is 1.79. The lowest BCUT2D eigenvalue weighted by Crippen LogP contribution is -2.41. The van der Waals surface area contributed by atoms with Gasteiger partial charge in [-0.05, 0) is 55.8 Å². The van der Waals surface area contributed by atoms with Crippen LogP contribution < -0.4 is 5.73 Å². The topological polar surface area (TPSA) is 41.6 Å². The van der Waals surface area contributed by atoms with Crippen molar-refractivity contribution >= 4 is 5.84 Å². The van der Waals surface area contributed by atoms with Crippen molar-refractivity contribution in [1.29, 1.82) is 0 Å². The van der Waals surface area contributed by atoms with Crippen molar-refractivity contribution in [3.8, 4) is 0 Å². The molecule has 20 heavy (non-hydrogen) atoms. The maximum Gasteiger partial charge on any atom is 0.123 e. The number of amidine groups is 1. The second kappa shape index (κ2) is 7.39. The van der Waals surface area contributed by atoms with E-state index in [0.717, 1.165) is 32.5 Å². The van der Waals surface area contributed by atoms with Crippen LogP contribution in [-0.2, 0) is 6.42 Å². The van der Waals surface area contributed by atoms with Crippen molar-refractivity contribution in [3.05, 3.63) is 35.6 Å². The summed E-state index contributed by atoms with van der Waals surface area (Å²) in [7, 11) is 1.74. The fourth-order valence-electron chi connectivity index (χ4n) is 2.85. The molecule has 1 fully saturated rings. The van der Waals surface area contributed by atoms with Crippen molar-refractivity contribution in [2.75, 3.05) is 26.7 Å². The lowest BCUT2D eigenvalue weighted by Gasteiger charge is -2.32. The molecule has 1 aromatic carbocycles. The van der Waals surface area contributed by atoms with Gasteiger partial charge in [-0.25, -0.2) is 4.39 Å². The molecule has 1 aliphatic rings. The third kappa shape index (κ3) is 4.60. The molecule has 0 aromatic heterocycles. The molecule has 2 N–H and O–H groups in total. The molecule has 0 bridgehead atoms. The van der Waals surface area contributed by atoms with E-state index in [1.165, 1.54) is 18.4 Å². The van der Waals surface area contributed by atoms with Gasteiger partial charge in [-0.2, -0.15) is 0 Å². The van der Waals surface area contributed by atoms with E-state index in [-0.39, 0.29) is 5.82 Å². The van der Waals surface area contributed by atoms with Gasteiger partial charge in [0.1, 0.15) is 11.7 Å². The minimum atomic E-state index is -0.160. The smallest absolute Gasteiger partial charge is 0.123 e. The molecule has 1 heterocycles. The lowest BCUT2D eigenvalue weighted by atomic mass is 9.91. The summed E-state index contributed by atoms with van der Waals surface area (Å²) in [6.07, 6.45) is 4.69. The number of hydrogen-bond donors (Lipinski definition) is 1. The zero-order valence-electron chi connectivity index (χ0n) is 12.2. The predicted octanol–water partition coefficient (Wildman–Crippen LogP) is 2.46. The summed E-state index contributed by atoms with van der Waals surface area (Å²) in [5, 5.41) is 0. The second-order valence-corrected chi connectivity index (χ2v) is 5.62. The van der Waals surface area contributed by atoms with E-state index in [0.29, 0.717) is 11.8 Å². The maximum absolute atomic E-state index is 12.9. The Morgan fingerprint density at radius 3 is 2.85 bits per heavy atom. The third-order valence-electron chi connectivity index (χ3n) is 4.03. The monoisotopic (exact) mass is 277 g/mol. The molecule has 0 saturated carbocycles. The average molecular weight is 277 g/mol. The number of rotatable bonds is 5. The number of likely N-dealkylation sites (tertiary alicyclic amines) is 1. The Kier molecular flexibility index (Phi) is 5.53. The van der Waals surface area contributed by atoms with E-state index in [1.54, 1.807) is 19.2 Å². The van der Waals surface area contributed by atoms with Gasteiger partial charge in [0.15, 0.2) is 0 Å². The van der Waals surface area contributed by atoms with Gasteiger partial charge in [0, 0.05) is 13.6 Å². The van der Waals surface area contributed by atoms with Crippen LogP contribution in [0.15, 0.2) is 29.3 Å². The molecule has 3 nitrogen and oxygen atoms in total. The lowest BCUT2D eigenvalue weighted by molar-refractivity contribution is 0.189. The summed E-state index contributed by atoms with van der Waals surface area (Å²) in [5.74, 6) is 1.26. The van der Waals surface area contributed by atoms with Crippen molar-refractivity contribution < 1.29 is 4.39 Å². The van der Waals surface area contributed by atoms with Crippen LogP contribution in [0.2, 0.25) is 0 Å². The van der Waals surface area contributed by atoms with Crippen LogP contribution in [0.25, 0.3) is 0 Å². The predicted molar refractivity (Wildman–Crippen MR) is 81.4 cm³/mol. The van der Waals surface area contributed by atoms with Crippen molar-refractivity contribution in [2.45, 2.75) is 25.7 Å². The molecule has 1 atom stereocenters. The molecular weight excluding hydrogens is 253 g/mol. The highest BCUT2D eigenvalue weighted by Crippen LogP contribution is 2.21. The summed E-state index contributed by atoms with van der Waals surface area (Å²) >= 11 is 0. The standard InChI is InChI=1S/C16H24FN3/c1-19-16(18)12-20-10-2-3-14(11-20)5-4-13-6-8-15(17)9-7-13/h6-9,14H,2-5,10-12H2,1H3,(H2,18,19). The van der Waals surface area contributed by atoms with Gasteiger partial charge in [0.2, 0.25) is 0 Å². The van der Waals surface area contributed by atoms with Gasteiger partial charge in [-0.1, -0.05) is 12.1 Å². The summed E-state index contributed by atoms with van der Waals surface area (Å²) in [4.78, 5) is 6.42. The van der Waals surface area contributed by atoms with Crippen LogP contribution in [0, 0.1) is 11.7 Å². The van der Waals surface area contributed by atoms with Crippen molar-refractivity contribution in [1.82, 2.24) is 4.90 Å². The quantitative estimate of drug-likeness (QED) is 0.663. The Morgan fingerprint density at radius 2 is 2.15 bits per heavy atom. The molecule has 1 aliphatic heterocycles. The van der Waals surface area contributed by atoms with Crippen LogP contribution >= 0.6 is 0 Å². The molecule has 0 radical (unpaired) electrons. The largest absolute Gasteiger partial charge is 0.386 e. The molecule has 1 aromatic rings. The van der Waals surface area contributed by atoms with Crippen molar-refractivity contribution in [2.24, 2.45) is 16.6 Å². The highest BCUT2D eigenvalue weighted by molar-refractivity contribution is 5.82. The number of nitrogens with two attached hydrogens (primary N) is 1. The maximum atomic E-state index is 12.9. The van der Waals surface area contributed by atoms with Crippen LogP contribution in [-0.4, -0.2) is 37.4 Å². The fraction of sp³-hybridized carbons (Fsp3) is 0.562. The van der Waals surface area contributed by atoms with E-state index < -0.39 is 0 Å². The number of nitrogens with zero attached hydrogens (tertiary/aromatic N) is 2. The number of aliphatic imine (C=N–C) groups is 1. The number of aryl methyl sites for hydroxylation is 1. The summed E-state index contributed by atoms with van der Waals surface area (Å²) < 4.78 is 12.9. The molecule has 1 saturated heterocycles. The fourth-order valence-corrected chi connectivity index (χ4v) is 2.85. The minimum Gasteiger partial charge on any atom is -0.386 e. The first-order chi connectivity index (χ1) is 9.67.